The summed E-state index contributed by atoms with van der Waals surface area (Å²) in [6.45, 7) is 4.12. The Morgan fingerprint density at radius 1 is 1.47 bits per heavy atom. The lowest BCUT2D eigenvalue weighted by atomic mass is 9.86. The van der Waals surface area contributed by atoms with Gasteiger partial charge < -0.3 is 16.0 Å². The van der Waals surface area contributed by atoms with E-state index in [2.05, 4.69) is 5.32 Å². The predicted octanol–water partition coefficient (Wildman–Crippen LogP) is 1.17. The quantitative estimate of drug-likeness (QED) is 0.736. The van der Waals surface area contributed by atoms with Gasteiger partial charge >= 0.3 is 6.03 Å². The molecule has 4 heteroatoms. The maximum atomic E-state index is 11.6. The van der Waals surface area contributed by atoms with E-state index in [0.717, 1.165) is 25.9 Å². The number of urea groups is 1. The highest BCUT2D eigenvalue weighted by atomic mass is 16.2. The van der Waals surface area contributed by atoms with Crippen molar-refractivity contribution in [2.24, 2.45) is 11.1 Å². The van der Waals surface area contributed by atoms with E-state index in [1.807, 2.05) is 6.92 Å². The highest BCUT2D eigenvalue weighted by Gasteiger charge is 2.32. The van der Waals surface area contributed by atoms with Crippen molar-refractivity contribution in [3.63, 3.8) is 0 Å². The summed E-state index contributed by atoms with van der Waals surface area (Å²) in [5.41, 5.74) is 5.97. The topological polar surface area (TPSA) is 58.4 Å². The molecule has 15 heavy (non-hydrogen) atoms. The highest BCUT2D eigenvalue weighted by Crippen LogP contribution is 2.36. The van der Waals surface area contributed by atoms with Crippen LogP contribution in [0.5, 0.6) is 0 Å². The van der Waals surface area contributed by atoms with Crippen molar-refractivity contribution in [3.05, 3.63) is 0 Å². The van der Waals surface area contributed by atoms with Gasteiger partial charge in [0.1, 0.15) is 0 Å². The Labute approximate surface area is 92.2 Å². The molecule has 3 N–H and O–H groups in total. The van der Waals surface area contributed by atoms with Gasteiger partial charge in [-0.05, 0) is 26.3 Å². The molecule has 0 heterocycles. The van der Waals surface area contributed by atoms with E-state index in [9.17, 15) is 4.79 Å². The van der Waals surface area contributed by atoms with Crippen LogP contribution < -0.4 is 11.1 Å². The van der Waals surface area contributed by atoms with Gasteiger partial charge in [0.2, 0.25) is 0 Å². The minimum absolute atomic E-state index is 0.0113. The third kappa shape index (κ3) is 3.09. The standard InChI is InChI=1S/C11H23N3O/c1-3-14(2)10(15)13-9-11(8-12)6-4-5-7-11/h3-9,12H2,1-2H3,(H,13,15). The summed E-state index contributed by atoms with van der Waals surface area (Å²) < 4.78 is 0. The molecule has 4 nitrogen and oxygen atoms in total. The molecule has 0 spiro atoms. The van der Waals surface area contributed by atoms with Crippen LogP contribution in [0.1, 0.15) is 32.6 Å². The molecule has 88 valence electrons. The van der Waals surface area contributed by atoms with Crippen LogP contribution in [0.4, 0.5) is 4.79 Å². The summed E-state index contributed by atoms with van der Waals surface area (Å²) in [5, 5.41) is 2.97. The zero-order valence-corrected chi connectivity index (χ0v) is 9.88. The van der Waals surface area contributed by atoms with Crippen molar-refractivity contribution in [3.8, 4) is 0 Å². The fraction of sp³-hybridized carbons (Fsp3) is 0.909. The Balaban J connectivity index is 2.37. The number of hydrogen-bond donors (Lipinski definition) is 2. The molecule has 1 saturated carbocycles. The van der Waals surface area contributed by atoms with Crippen LogP contribution >= 0.6 is 0 Å². The normalized spacial score (nSPS) is 18.9. The average Bonchev–Trinajstić information content (AvgIpc) is 2.74. The first-order valence-corrected chi connectivity index (χ1v) is 5.82. The first-order chi connectivity index (χ1) is 7.13. The van der Waals surface area contributed by atoms with Crippen molar-refractivity contribution in [2.45, 2.75) is 32.6 Å². The van der Waals surface area contributed by atoms with Crippen LogP contribution in [-0.2, 0) is 0 Å². The Morgan fingerprint density at radius 3 is 2.53 bits per heavy atom. The molecule has 0 unspecified atom stereocenters. The molecule has 0 bridgehead atoms. The van der Waals surface area contributed by atoms with Gasteiger partial charge in [-0.15, -0.1) is 0 Å². The monoisotopic (exact) mass is 213 g/mol. The minimum atomic E-state index is 0.0113. The van der Waals surface area contributed by atoms with E-state index in [4.69, 9.17) is 5.73 Å². The van der Waals surface area contributed by atoms with Crippen molar-refractivity contribution in [1.29, 1.82) is 0 Å². The van der Waals surface area contributed by atoms with Crippen LogP contribution in [0.15, 0.2) is 0 Å². The number of nitrogens with zero attached hydrogens (tertiary/aromatic N) is 1. The molecule has 1 fully saturated rings. The molecular formula is C11H23N3O. The molecule has 0 aliphatic heterocycles. The molecule has 1 aliphatic carbocycles. The van der Waals surface area contributed by atoms with Crippen LogP contribution in [0.25, 0.3) is 0 Å². The van der Waals surface area contributed by atoms with E-state index in [1.54, 1.807) is 11.9 Å². The SMILES string of the molecule is CCN(C)C(=O)NCC1(CN)CCCC1. The van der Waals surface area contributed by atoms with Crippen LogP contribution in [0.2, 0.25) is 0 Å². The fourth-order valence-corrected chi connectivity index (χ4v) is 2.12. The lowest BCUT2D eigenvalue weighted by molar-refractivity contribution is 0.201. The van der Waals surface area contributed by atoms with E-state index < -0.39 is 0 Å². The van der Waals surface area contributed by atoms with Gasteiger partial charge in [-0.25, -0.2) is 4.79 Å². The number of nitrogens with one attached hydrogen (secondary N) is 1. The number of hydrogen-bond acceptors (Lipinski definition) is 2. The third-order valence-corrected chi connectivity index (χ3v) is 3.53. The average molecular weight is 213 g/mol. The highest BCUT2D eigenvalue weighted by molar-refractivity contribution is 5.73. The van der Waals surface area contributed by atoms with Crippen LogP contribution in [-0.4, -0.2) is 37.6 Å². The Hall–Kier alpha value is -0.770. The number of nitrogens with two attached hydrogens (primary N) is 1. The maximum Gasteiger partial charge on any atom is 0.317 e. The number of rotatable bonds is 4. The van der Waals surface area contributed by atoms with E-state index >= 15 is 0 Å². The summed E-state index contributed by atoms with van der Waals surface area (Å²) in [6, 6.07) is 0.0113. The van der Waals surface area contributed by atoms with Crippen LogP contribution in [0.3, 0.4) is 0 Å². The summed E-state index contributed by atoms with van der Waals surface area (Å²) in [6.07, 6.45) is 4.80. The second-order valence-corrected chi connectivity index (χ2v) is 4.58. The predicted molar refractivity (Wildman–Crippen MR) is 61.7 cm³/mol. The zero-order chi connectivity index (χ0) is 11.3. The lowest BCUT2D eigenvalue weighted by Gasteiger charge is -2.28. The second-order valence-electron chi connectivity index (χ2n) is 4.58. The minimum Gasteiger partial charge on any atom is -0.337 e. The molecular weight excluding hydrogens is 190 g/mol. The molecule has 2 amide bonds. The smallest absolute Gasteiger partial charge is 0.317 e. The Morgan fingerprint density at radius 2 is 2.07 bits per heavy atom. The summed E-state index contributed by atoms with van der Waals surface area (Å²) in [7, 11) is 1.80. The first-order valence-electron chi connectivity index (χ1n) is 5.82. The van der Waals surface area contributed by atoms with Gasteiger partial charge in [-0.1, -0.05) is 12.8 Å². The lowest BCUT2D eigenvalue weighted by Crippen LogP contribution is -2.45. The molecule has 0 atom stereocenters. The molecule has 0 radical (unpaired) electrons. The maximum absolute atomic E-state index is 11.6. The van der Waals surface area contributed by atoms with Crippen molar-refractivity contribution in [2.75, 3.05) is 26.7 Å². The van der Waals surface area contributed by atoms with Gasteiger partial charge in [-0.3, -0.25) is 0 Å². The zero-order valence-electron chi connectivity index (χ0n) is 9.88. The molecule has 0 aromatic rings. The van der Waals surface area contributed by atoms with Crippen LogP contribution in [0, 0.1) is 5.41 Å². The van der Waals surface area contributed by atoms with Gasteiger partial charge in [0, 0.05) is 25.6 Å². The molecule has 0 aromatic carbocycles. The van der Waals surface area contributed by atoms with Gasteiger partial charge in [0.15, 0.2) is 0 Å². The largest absolute Gasteiger partial charge is 0.337 e. The summed E-state index contributed by atoms with van der Waals surface area (Å²) in [5.74, 6) is 0. The van der Waals surface area contributed by atoms with Gasteiger partial charge in [-0.2, -0.15) is 0 Å². The second kappa shape index (κ2) is 5.35. The number of carbonyl (C=O) groups excluding carboxylic acids is 1. The van der Waals surface area contributed by atoms with E-state index in [-0.39, 0.29) is 11.4 Å². The summed E-state index contributed by atoms with van der Waals surface area (Å²) >= 11 is 0. The Kier molecular flexibility index (Phi) is 4.39. The Bertz CT molecular complexity index is 212. The number of amides is 2. The van der Waals surface area contributed by atoms with Gasteiger partial charge in [0.05, 0.1) is 0 Å². The van der Waals surface area contributed by atoms with Crippen molar-refractivity contribution >= 4 is 6.03 Å². The van der Waals surface area contributed by atoms with Crippen molar-refractivity contribution < 1.29 is 4.79 Å². The fourth-order valence-electron chi connectivity index (χ4n) is 2.12. The van der Waals surface area contributed by atoms with Gasteiger partial charge in [0.25, 0.3) is 0 Å². The molecule has 1 rings (SSSR count). The summed E-state index contributed by atoms with van der Waals surface area (Å²) in [4.78, 5) is 13.2. The van der Waals surface area contributed by atoms with E-state index in [0.29, 0.717) is 6.54 Å². The number of carbonyl (C=O) groups is 1. The molecule has 0 aromatic heterocycles. The third-order valence-electron chi connectivity index (χ3n) is 3.53. The van der Waals surface area contributed by atoms with E-state index in [1.165, 1.54) is 12.8 Å². The molecule has 1 aliphatic rings. The molecule has 0 saturated heterocycles. The first kappa shape index (κ1) is 12.3. The van der Waals surface area contributed by atoms with Crippen molar-refractivity contribution in [1.82, 2.24) is 10.2 Å².